The topological polar surface area (TPSA) is 42.2 Å². The molecule has 0 aliphatic heterocycles. The zero-order valence-corrected chi connectivity index (χ0v) is 12.4. The van der Waals surface area contributed by atoms with Gasteiger partial charge in [0.15, 0.2) is 11.6 Å². The van der Waals surface area contributed by atoms with Gasteiger partial charge in [0.1, 0.15) is 11.6 Å². The van der Waals surface area contributed by atoms with Crippen LogP contribution in [0.1, 0.15) is 10.6 Å². The molecule has 0 saturated carbocycles. The Balaban J connectivity index is 1.84. The van der Waals surface area contributed by atoms with Gasteiger partial charge < -0.3 is 9.73 Å². The minimum atomic E-state index is -0.733. The van der Waals surface area contributed by atoms with E-state index >= 15 is 0 Å². The second-order valence-corrected chi connectivity index (χ2v) is 5.11. The second-order valence-electron chi connectivity index (χ2n) is 4.70. The van der Waals surface area contributed by atoms with Crippen LogP contribution in [0.15, 0.2) is 59.0 Å². The number of benzene rings is 2. The summed E-state index contributed by atoms with van der Waals surface area (Å²) < 4.78 is 32.8. The summed E-state index contributed by atoms with van der Waals surface area (Å²) in [4.78, 5) is 12.1. The van der Waals surface area contributed by atoms with Crippen molar-refractivity contribution in [1.82, 2.24) is 0 Å². The summed E-state index contributed by atoms with van der Waals surface area (Å²) in [6, 6.07) is 13.1. The summed E-state index contributed by atoms with van der Waals surface area (Å²) in [6.45, 7) is 0. The predicted octanol–water partition coefficient (Wildman–Crippen LogP) is 5.13. The van der Waals surface area contributed by atoms with Crippen LogP contribution in [0.4, 0.5) is 14.5 Å². The van der Waals surface area contributed by atoms with E-state index in [0.717, 1.165) is 0 Å². The molecule has 1 amide bonds. The highest BCUT2D eigenvalue weighted by Crippen LogP contribution is 2.26. The van der Waals surface area contributed by atoms with Crippen LogP contribution in [0, 0.1) is 11.6 Å². The van der Waals surface area contributed by atoms with Crippen molar-refractivity contribution in [3.63, 3.8) is 0 Å². The van der Waals surface area contributed by atoms with E-state index in [1.54, 1.807) is 12.1 Å². The number of halogens is 3. The Morgan fingerprint density at radius 3 is 2.57 bits per heavy atom. The van der Waals surface area contributed by atoms with Gasteiger partial charge in [-0.2, -0.15) is 0 Å². The standard InChI is InChI=1S/C17H10ClF2NO2/c18-11-5-3-7-13(16(11)20)21-17(22)15-9-8-14(23-15)10-4-1-2-6-12(10)19/h1-9H,(H,21,22). The lowest BCUT2D eigenvalue weighted by Crippen LogP contribution is -2.12. The summed E-state index contributed by atoms with van der Waals surface area (Å²) >= 11 is 5.65. The molecule has 0 fully saturated rings. The van der Waals surface area contributed by atoms with Crippen molar-refractivity contribution < 1.29 is 18.0 Å². The first-order valence-electron chi connectivity index (χ1n) is 6.66. The van der Waals surface area contributed by atoms with Gasteiger partial charge in [0.25, 0.3) is 5.91 Å². The van der Waals surface area contributed by atoms with Crippen molar-refractivity contribution >= 4 is 23.2 Å². The largest absolute Gasteiger partial charge is 0.451 e. The quantitative estimate of drug-likeness (QED) is 0.722. The monoisotopic (exact) mass is 333 g/mol. The number of furan rings is 1. The molecular weight excluding hydrogens is 324 g/mol. The van der Waals surface area contributed by atoms with Gasteiger partial charge in [-0.25, -0.2) is 8.78 Å². The van der Waals surface area contributed by atoms with E-state index in [-0.39, 0.29) is 27.8 Å². The van der Waals surface area contributed by atoms with E-state index in [2.05, 4.69) is 5.32 Å². The minimum Gasteiger partial charge on any atom is -0.451 e. The van der Waals surface area contributed by atoms with Gasteiger partial charge in [-0.05, 0) is 36.4 Å². The second kappa shape index (κ2) is 6.22. The van der Waals surface area contributed by atoms with Gasteiger partial charge >= 0.3 is 0 Å². The molecule has 116 valence electrons. The first-order valence-corrected chi connectivity index (χ1v) is 7.04. The fraction of sp³-hybridized carbons (Fsp3) is 0. The summed E-state index contributed by atoms with van der Waals surface area (Å²) in [5, 5.41) is 2.26. The molecule has 1 N–H and O–H groups in total. The van der Waals surface area contributed by atoms with E-state index in [9.17, 15) is 13.6 Å². The van der Waals surface area contributed by atoms with Gasteiger partial charge in [-0.15, -0.1) is 0 Å². The Kier molecular flexibility index (Phi) is 4.12. The number of amides is 1. The maximum Gasteiger partial charge on any atom is 0.291 e. The Bertz CT molecular complexity index is 877. The first kappa shape index (κ1) is 15.2. The lowest BCUT2D eigenvalue weighted by atomic mass is 10.1. The molecule has 1 heterocycles. The molecule has 0 spiro atoms. The third-order valence-corrected chi connectivity index (χ3v) is 3.46. The number of carbonyl (C=O) groups excluding carboxylic acids is 1. The third-order valence-electron chi connectivity index (χ3n) is 3.17. The summed E-state index contributed by atoms with van der Waals surface area (Å²) in [5.74, 6) is -1.71. The molecule has 3 nitrogen and oxygen atoms in total. The number of rotatable bonds is 3. The van der Waals surface area contributed by atoms with Crippen molar-refractivity contribution in [2.45, 2.75) is 0 Å². The van der Waals surface area contributed by atoms with E-state index in [0.29, 0.717) is 0 Å². The highest BCUT2D eigenvalue weighted by atomic mass is 35.5. The molecule has 0 radical (unpaired) electrons. The highest BCUT2D eigenvalue weighted by molar-refractivity contribution is 6.31. The molecule has 23 heavy (non-hydrogen) atoms. The Morgan fingerprint density at radius 1 is 1.00 bits per heavy atom. The van der Waals surface area contributed by atoms with Crippen molar-refractivity contribution in [3.8, 4) is 11.3 Å². The molecule has 0 unspecified atom stereocenters. The maximum atomic E-state index is 13.8. The van der Waals surface area contributed by atoms with Crippen LogP contribution in [0.25, 0.3) is 11.3 Å². The molecule has 0 aliphatic rings. The fourth-order valence-electron chi connectivity index (χ4n) is 2.05. The Labute approximate surface area is 135 Å². The van der Waals surface area contributed by atoms with Crippen LogP contribution in [-0.2, 0) is 0 Å². The number of hydrogen-bond donors (Lipinski definition) is 1. The molecule has 3 rings (SSSR count). The Morgan fingerprint density at radius 2 is 1.78 bits per heavy atom. The number of carbonyl (C=O) groups is 1. The molecule has 6 heteroatoms. The van der Waals surface area contributed by atoms with Crippen LogP contribution in [0.5, 0.6) is 0 Å². The van der Waals surface area contributed by atoms with Crippen molar-refractivity contribution in [1.29, 1.82) is 0 Å². The molecule has 3 aromatic rings. The van der Waals surface area contributed by atoms with Crippen LogP contribution >= 0.6 is 11.6 Å². The van der Waals surface area contributed by atoms with Crippen LogP contribution in [0.3, 0.4) is 0 Å². The molecule has 0 atom stereocenters. The summed E-state index contributed by atoms with van der Waals surface area (Å²) in [6.07, 6.45) is 0. The highest BCUT2D eigenvalue weighted by Gasteiger charge is 2.16. The molecule has 1 aromatic heterocycles. The Hall–Kier alpha value is -2.66. The lowest BCUT2D eigenvalue weighted by molar-refractivity contribution is 0.0997. The number of hydrogen-bond acceptors (Lipinski definition) is 2. The van der Waals surface area contributed by atoms with Crippen LogP contribution < -0.4 is 5.32 Å². The fourth-order valence-corrected chi connectivity index (χ4v) is 2.22. The minimum absolute atomic E-state index is 0.0636. The summed E-state index contributed by atoms with van der Waals surface area (Å²) in [7, 11) is 0. The van der Waals surface area contributed by atoms with Gasteiger partial charge in [0.05, 0.1) is 16.3 Å². The zero-order chi connectivity index (χ0) is 16.4. The average molecular weight is 334 g/mol. The molecule has 2 aromatic carbocycles. The van der Waals surface area contributed by atoms with Crippen LogP contribution in [-0.4, -0.2) is 5.91 Å². The van der Waals surface area contributed by atoms with Crippen molar-refractivity contribution in [3.05, 3.63) is 77.0 Å². The zero-order valence-electron chi connectivity index (χ0n) is 11.6. The normalized spacial score (nSPS) is 10.6. The van der Waals surface area contributed by atoms with Crippen LogP contribution in [0.2, 0.25) is 5.02 Å². The van der Waals surface area contributed by atoms with Gasteiger partial charge in [-0.1, -0.05) is 29.8 Å². The van der Waals surface area contributed by atoms with Gasteiger partial charge in [0.2, 0.25) is 0 Å². The van der Waals surface area contributed by atoms with E-state index < -0.39 is 17.5 Å². The smallest absolute Gasteiger partial charge is 0.291 e. The molecule has 0 bridgehead atoms. The number of anilines is 1. The van der Waals surface area contributed by atoms with Crippen molar-refractivity contribution in [2.24, 2.45) is 0 Å². The SMILES string of the molecule is O=C(Nc1cccc(Cl)c1F)c1ccc(-c2ccccc2F)o1. The molecular formula is C17H10ClF2NO2. The maximum absolute atomic E-state index is 13.8. The van der Waals surface area contributed by atoms with Crippen molar-refractivity contribution in [2.75, 3.05) is 5.32 Å². The molecule has 0 saturated heterocycles. The van der Waals surface area contributed by atoms with E-state index in [1.807, 2.05) is 0 Å². The number of nitrogens with one attached hydrogen (secondary N) is 1. The van der Waals surface area contributed by atoms with Gasteiger partial charge in [0, 0.05) is 0 Å². The van der Waals surface area contributed by atoms with E-state index in [4.69, 9.17) is 16.0 Å². The predicted molar refractivity (Wildman–Crippen MR) is 83.5 cm³/mol. The molecule has 0 aliphatic carbocycles. The summed E-state index contributed by atoms with van der Waals surface area (Å²) in [5.41, 5.74) is 0.173. The first-order chi connectivity index (χ1) is 11.1. The van der Waals surface area contributed by atoms with E-state index in [1.165, 1.54) is 42.5 Å². The van der Waals surface area contributed by atoms with Gasteiger partial charge in [-0.3, -0.25) is 4.79 Å². The lowest BCUT2D eigenvalue weighted by Gasteiger charge is -2.05. The third kappa shape index (κ3) is 3.10. The average Bonchev–Trinajstić information content (AvgIpc) is 3.02.